The highest BCUT2D eigenvalue weighted by atomic mass is 79.9. The molecule has 0 saturated heterocycles. The van der Waals surface area contributed by atoms with Gasteiger partial charge in [-0.05, 0) is 37.5 Å². The van der Waals surface area contributed by atoms with Crippen LogP contribution in [0.15, 0.2) is 28.7 Å². The van der Waals surface area contributed by atoms with Gasteiger partial charge in [0.2, 0.25) is 5.91 Å². The summed E-state index contributed by atoms with van der Waals surface area (Å²) in [6.45, 7) is -0.00118. The van der Waals surface area contributed by atoms with Crippen LogP contribution in [0.2, 0.25) is 0 Å². The van der Waals surface area contributed by atoms with Gasteiger partial charge in [0.15, 0.2) is 0 Å². The third-order valence-electron chi connectivity index (χ3n) is 3.31. The van der Waals surface area contributed by atoms with Gasteiger partial charge in [-0.2, -0.15) is 0 Å². The first-order valence-corrected chi connectivity index (χ1v) is 6.85. The lowest BCUT2D eigenvalue weighted by molar-refractivity contribution is -0.148. The van der Waals surface area contributed by atoms with Crippen LogP contribution in [0.1, 0.15) is 19.3 Å². The summed E-state index contributed by atoms with van der Waals surface area (Å²) in [5.41, 5.74) is -0.228. The molecule has 3 N–H and O–H groups in total. The third-order valence-corrected chi connectivity index (χ3v) is 3.81. The summed E-state index contributed by atoms with van der Waals surface area (Å²) in [5, 5.41) is 14.7. The zero-order chi connectivity index (χ0) is 13.9. The second-order valence-corrected chi connectivity index (χ2v) is 5.57. The van der Waals surface area contributed by atoms with Gasteiger partial charge >= 0.3 is 5.97 Å². The number of carboxylic acid groups (broad SMARTS) is 1. The van der Waals surface area contributed by atoms with Gasteiger partial charge in [-0.1, -0.05) is 22.0 Å². The van der Waals surface area contributed by atoms with E-state index in [9.17, 15) is 9.59 Å². The van der Waals surface area contributed by atoms with E-state index in [1.807, 2.05) is 12.1 Å². The van der Waals surface area contributed by atoms with E-state index in [2.05, 4.69) is 26.6 Å². The topological polar surface area (TPSA) is 78.4 Å². The van der Waals surface area contributed by atoms with Crippen LogP contribution < -0.4 is 10.6 Å². The van der Waals surface area contributed by atoms with Gasteiger partial charge in [-0.3, -0.25) is 14.9 Å². The Hall–Kier alpha value is -1.40. The smallest absolute Gasteiger partial charge is 0.323 e. The number of aliphatic carboxylic acids is 1. The molecule has 1 aromatic rings. The number of benzene rings is 1. The van der Waals surface area contributed by atoms with Crippen molar-refractivity contribution in [2.45, 2.75) is 24.8 Å². The van der Waals surface area contributed by atoms with Gasteiger partial charge in [0.25, 0.3) is 0 Å². The minimum absolute atomic E-state index is 0.00118. The highest BCUT2D eigenvalue weighted by molar-refractivity contribution is 9.10. The van der Waals surface area contributed by atoms with E-state index in [1.54, 1.807) is 12.1 Å². The molecule has 1 aliphatic rings. The van der Waals surface area contributed by atoms with Crippen molar-refractivity contribution in [2.75, 3.05) is 11.9 Å². The predicted octanol–water partition coefficient (Wildman–Crippen LogP) is 1.98. The fraction of sp³-hybridized carbons (Fsp3) is 0.385. The SMILES string of the molecule is O=C(CNC1(C(=O)O)CCC1)Nc1cccc(Br)c1. The number of rotatable bonds is 5. The zero-order valence-corrected chi connectivity index (χ0v) is 11.9. The van der Waals surface area contributed by atoms with Crippen molar-refractivity contribution in [3.8, 4) is 0 Å². The molecule has 1 aromatic carbocycles. The summed E-state index contributed by atoms with van der Waals surface area (Å²) in [5.74, 6) is -1.13. The third kappa shape index (κ3) is 3.33. The average molecular weight is 327 g/mol. The zero-order valence-electron chi connectivity index (χ0n) is 10.3. The largest absolute Gasteiger partial charge is 0.480 e. The molecule has 1 saturated carbocycles. The van der Waals surface area contributed by atoms with Crippen LogP contribution in [0.4, 0.5) is 5.69 Å². The van der Waals surface area contributed by atoms with Crippen LogP contribution in [-0.2, 0) is 9.59 Å². The summed E-state index contributed by atoms with van der Waals surface area (Å²) in [7, 11) is 0. The fourth-order valence-corrected chi connectivity index (χ4v) is 2.42. The number of nitrogens with one attached hydrogen (secondary N) is 2. The van der Waals surface area contributed by atoms with Gasteiger partial charge in [0, 0.05) is 10.2 Å². The van der Waals surface area contributed by atoms with Gasteiger partial charge in [0.05, 0.1) is 6.54 Å². The van der Waals surface area contributed by atoms with E-state index in [1.165, 1.54) is 0 Å². The van der Waals surface area contributed by atoms with E-state index >= 15 is 0 Å². The number of halogens is 1. The first kappa shape index (κ1) is 14.0. The number of hydrogen-bond donors (Lipinski definition) is 3. The molecule has 19 heavy (non-hydrogen) atoms. The minimum Gasteiger partial charge on any atom is -0.480 e. The van der Waals surface area contributed by atoms with Crippen LogP contribution in [0, 0.1) is 0 Å². The fourth-order valence-electron chi connectivity index (χ4n) is 2.02. The summed E-state index contributed by atoms with van der Waals surface area (Å²) in [6, 6.07) is 7.24. The minimum atomic E-state index is -0.908. The van der Waals surface area contributed by atoms with Crippen molar-refractivity contribution in [1.82, 2.24) is 5.32 Å². The second kappa shape index (κ2) is 5.71. The van der Waals surface area contributed by atoms with Crippen LogP contribution in [-0.4, -0.2) is 29.1 Å². The summed E-state index contributed by atoms with van der Waals surface area (Å²) < 4.78 is 0.874. The number of hydrogen-bond acceptors (Lipinski definition) is 3. The number of amides is 1. The maximum absolute atomic E-state index is 11.8. The number of anilines is 1. The first-order chi connectivity index (χ1) is 9.02. The molecule has 0 atom stereocenters. The van der Waals surface area contributed by atoms with Gasteiger partial charge in [-0.25, -0.2) is 0 Å². The van der Waals surface area contributed by atoms with Crippen LogP contribution in [0.25, 0.3) is 0 Å². The van der Waals surface area contributed by atoms with Crippen LogP contribution >= 0.6 is 15.9 Å². The van der Waals surface area contributed by atoms with Gasteiger partial charge < -0.3 is 10.4 Å². The quantitative estimate of drug-likeness (QED) is 0.773. The summed E-state index contributed by atoms with van der Waals surface area (Å²) >= 11 is 3.32. The Labute approximate surface area is 119 Å². The lowest BCUT2D eigenvalue weighted by atomic mass is 9.77. The van der Waals surface area contributed by atoms with E-state index in [-0.39, 0.29) is 12.5 Å². The van der Waals surface area contributed by atoms with E-state index < -0.39 is 11.5 Å². The number of carbonyl (C=O) groups is 2. The van der Waals surface area contributed by atoms with Gasteiger partial charge in [-0.15, -0.1) is 0 Å². The molecule has 1 aliphatic carbocycles. The molecule has 0 radical (unpaired) electrons. The Balaban J connectivity index is 1.87. The summed E-state index contributed by atoms with van der Waals surface area (Å²) in [4.78, 5) is 22.9. The monoisotopic (exact) mass is 326 g/mol. The first-order valence-electron chi connectivity index (χ1n) is 6.06. The molecule has 0 aromatic heterocycles. The molecule has 0 unspecified atom stereocenters. The van der Waals surface area contributed by atoms with Crippen molar-refractivity contribution >= 4 is 33.5 Å². The highest BCUT2D eigenvalue weighted by Crippen LogP contribution is 2.31. The van der Waals surface area contributed by atoms with Crippen LogP contribution in [0.3, 0.4) is 0 Å². The van der Waals surface area contributed by atoms with E-state index in [0.29, 0.717) is 18.5 Å². The molecule has 0 heterocycles. The molecule has 1 amide bonds. The van der Waals surface area contributed by atoms with Crippen molar-refractivity contribution < 1.29 is 14.7 Å². The Morgan fingerprint density at radius 1 is 1.37 bits per heavy atom. The molecule has 0 spiro atoms. The summed E-state index contributed by atoms with van der Waals surface area (Å²) in [6.07, 6.45) is 2.03. The molecule has 6 heteroatoms. The number of carbonyl (C=O) groups excluding carboxylic acids is 1. The Morgan fingerprint density at radius 2 is 2.11 bits per heavy atom. The lowest BCUT2D eigenvalue weighted by Crippen LogP contribution is -2.58. The Bertz CT molecular complexity index is 500. The molecular formula is C13H15BrN2O3. The number of carboxylic acids is 1. The van der Waals surface area contributed by atoms with E-state index in [0.717, 1.165) is 10.9 Å². The molecule has 0 bridgehead atoms. The molecule has 2 rings (SSSR count). The highest BCUT2D eigenvalue weighted by Gasteiger charge is 2.44. The van der Waals surface area contributed by atoms with Gasteiger partial charge in [0.1, 0.15) is 5.54 Å². The predicted molar refractivity (Wildman–Crippen MR) is 75.0 cm³/mol. The molecular weight excluding hydrogens is 312 g/mol. The standard InChI is InChI=1S/C13H15BrN2O3/c14-9-3-1-4-10(7-9)16-11(17)8-15-13(12(18)19)5-2-6-13/h1,3-4,7,15H,2,5-6,8H2,(H,16,17)(H,18,19). The molecule has 1 fully saturated rings. The van der Waals surface area contributed by atoms with E-state index in [4.69, 9.17) is 5.11 Å². The molecule has 5 nitrogen and oxygen atoms in total. The Morgan fingerprint density at radius 3 is 2.63 bits per heavy atom. The van der Waals surface area contributed by atoms with Crippen molar-refractivity contribution in [1.29, 1.82) is 0 Å². The van der Waals surface area contributed by atoms with Crippen molar-refractivity contribution in [2.24, 2.45) is 0 Å². The normalized spacial score (nSPS) is 16.5. The average Bonchev–Trinajstić information content (AvgIpc) is 2.26. The maximum atomic E-state index is 11.8. The maximum Gasteiger partial charge on any atom is 0.323 e. The Kier molecular flexibility index (Phi) is 4.21. The lowest BCUT2D eigenvalue weighted by Gasteiger charge is -2.38. The van der Waals surface area contributed by atoms with Crippen LogP contribution in [0.5, 0.6) is 0 Å². The van der Waals surface area contributed by atoms with Crippen molar-refractivity contribution in [3.63, 3.8) is 0 Å². The van der Waals surface area contributed by atoms with Crippen molar-refractivity contribution in [3.05, 3.63) is 28.7 Å². The molecule has 0 aliphatic heterocycles. The molecule has 102 valence electrons. The second-order valence-electron chi connectivity index (χ2n) is 4.65.